The normalized spacial score (nSPS) is 18.9. The van der Waals surface area contributed by atoms with Crippen molar-refractivity contribution in [2.24, 2.45) is 10.9 Å². The summed E-state index contributed by atoms with van der Waals surface area (Å²) in [7, 11) is 1.56. The number of nitrogens with zero attached hydrogens (tertiary/aromatic N) is 2. The number of methoxy groups -OCH3 is 1. The summed E-state index contributed by atoms with van der Waals surface area (Å²) in [6.07, 6.45) is 1.89. The zero-order valence-electron chi connectivity index (χ0n) is 16.0. The Labute approximate surface area is 169 Å². The van der Waals surface area contributed by atoms with Crippen LogP contribution in [-0.2, 0) is 4.79 Å². The Hall–Kier alpha value is -3.04. The van der Waals surface area contributed by atoms with E-state index in [9.17, 15) is 10.1 Å². The number of benzene rings is 2. The van der Waals surface area contributed by atoms with Crippen LogP contribution >= 0.6 is 11.8 Å². The molecule has 0 radical (unpaired) electrons. The van der Waals surface area contributed by atoms with Gasteiger partial charge in [-0.15, -0.1) is 11.8 Å². The lowest BCUT2D eigenvalue weighted by atomic mass is 9.77. The van der Waals surface area contributed by atoms with E-state index in [0.29, 0.717) is 27.8 Å². The Balaban J connectivity index is 2.04. The maximum atomic E-state index is 13.3. The fourth-order valence-corrected chi connectivity index (χ4v) is 4.05. The molecule has 2 aromatic carbocycles. The molecule has 0 spiro atoms. The van der Waals surface area contributed by atoms with Crippen molar-refractivity contribution in [1.82, 2.24) is 0 Å². The summed E-state index contributed by atoms with van der Waals surface area (Å²) >= 11 is 1.42. The molecule has 1 N–H and O–H groups in total. The predicted molar refractivity (Wildman–Crippen MR) is 114 cm³/mol. The summed E-state index contributed by atoms with van der Waals surface area (Å²) < 4.78 is 5.34. The summed E-state index contributed by atoms with van der Waals surface area (Å²) in [5.74, 6) is -0.607. The Bertz CT molecular complexity index is 977. The molecule has 2 aromatic rings. The molecule has 5 nitrogen and oxygen atoms in total. The summed E-state index contributed by atoms with van der Waals surface area (Å²) in [5, 5.41) is 13.5. The number of aliphatic imine (C=N–C) groups is 1. The van der Waals surface area contributed by atoms with Crippen LogP contribution in [0.3, 0.4) is 0 Å². The highest BCUT2D eigenvalue weighted by molar-refractivity contribution is 8.02. The second-order valence-corrected chi connectivity index (χ2v) is 7.14. The van der Waals surface area contributed by atoms with E-state index >= 15 is 0 Å². The van der Waals surface area contributed by atoms with Crippen LogP contribution in [0.25, 0.3) is 0 Å². The molecule has 0 aromatic heterocycles. The maximum Gasteiger partial charge on any atom is 0.234 e. The summed E-state index contributed by atoms with van der Waals surface area (Å²) in [6.45, 7) is 1.84. The van der Waals surface area contributed by atoms with Crippen LogP contribution in [0.15, 0.2) is 70.2 Å². The van der Waals surface area contributed by atoms with Crippen LogP contribution in [-0.4, -0.2) is 25.0 Å². The largest absolute Gasteiger partial charge is 0.495 e. The molecule has 142 valence electrons. The Kier molecular flexibility index (Phi) is 6.17. The van der Waals surface area contributed by atoms with Crippen molar-refractivity contribution in [1.29, 1.82) is 5.26 Å². The molecule has 28 heavy (non-hydrogen) atoms. The van der Waals surface area contributed by atoms with Gasteiger partial charge in [0.1, 0.15) is 10.8 Å². The van der Waals surface area contributed by atoms with Crippen molar-refractivity contribution in [3.63, 3.8) is 0 Å². The number of allylic oxidation sites excluding steroid dienone is 1. The van der Waals surface area contributed by atoms with E-state index in [4.69, 9.17) is 4.74 Å². The molecule has 6 heteroatoms. The van der Waals surface area contributed by atoms with E-state index in [1.807, 2.05) is 55.6 Å². The van der Waals surface area contributed by atoms with Crippen molar-refractivity contribution >= 4 is 29.1 Å². The molecule has 0 aliphatic carbocycles. The minimum absolute atomic E-state index is 0.215. The van der Waals surface area contributed by atoms with Gasteiger partial charge in [-0.3, -0.25) is 4.79 Å². The first-order valence-electron chi connectivity index (χ1n) is 8.83. The highest BCUT2D eigenvalue weighted by atomic mass is 32.2. The lowest BCUT2D eigenvalue weighted by molar-refractivity contribution is -0.118. The predicted octanol–water partition coefficient (Wildman–Crippen LogP) is 4.61. The molecular formula is C22H21N3O2S. The van der Waals surface area contributed by atoms with Gasteiger partial charge in [0.25, 0.3) is 0 Å². The van der Waals surface area contributed by atoms with Crippen LogP contribution in [0.2, 0.25) is 0 Å². The molecule has 0 saturated carbocycles. The van der Waals surface area contributed by atoms with Gasteiger partial charge in [0, 0.05) is 11.6 Å². The number of hydrogen-bond acceptors (Lipinski definition) is 5. The lowest BCUT2D eigenvalue weighted by Crippen LogP contribution is -2.36. The minimum Gasteiger partial charge on any atom is -0.495 e. The summed E-state index contributed by atoms with van der Waals surface area (Å²) in [5.41, 5.74) is 2.71. The zero-order valence-corrected chi connectivity index (χ0v) is 16.8. The quantitative estimate of drug-likeness (QED) is 0.808. The first-order chi connectivity index (χ1) is 13.6. The standard InChI is InChI=1S/C22H21N3O2S/c1-14-19(21(26)25-17-11-7-8-12-18(17)27-2)20(15-9-5-4-6-10-15)16(13-23)22(24-14)28-3/h4-12,19-20H,1-3H3,(H,25,26)/t19?,20-/m0/s1. The van der Waals surface area contributed by atoms with Gasteiger partial charge in [0.15, 0.2) is 0 Å². The number of carbonyl (C=O) groups is 1. The van der Waals surface area contributed by atoms with Crippen molar-refractivity contribution in [2.75, 3.05) is 18.7 Å². The number of rotatable bonds is 5. The van der Waals surface area contributed by atoms with E-state index in [1.54, 1.807) is 19.2 Å². The van der Waals surface area contributed by atoms with Crippen molar-refractivity contribution < 1.29 is 9.53 Å². The van der Waals surface area contributed by atoms with Crippen molar-refractivity contribution in [3.8, 4) is 11.8 Å². The van der Waals surface area contributed by atoms with Crippen LogP contribution in [0, 0.1) is 17.2 Å². The molecule has 3 rings (SSSR count). The number of amides is 1. The van der Waals surface area contributed by atoms with E-state index in [2.05, 4.69) is 16.4 Å². The van der Waals surface area contributed by atoms with E-state index < -0.39 is 5.92 Å². The maximum absolute atomic E-state index is 13.3. The number of nitriles is 1. The second-order valence-electron chi connectivity index (χ2n) is 6.34. The van der Waals surface area contributed by atoms with Crippen molar-refractivity contribution in [3.05, 3.63) is 70.8 Å². The van der Waals surface area contributed by atoms with Crippen molar-refractivity contribution in [2.45, 2.75) is 12.8 Å². The topological polar surface area (TPSA) is 74.5 Å². The monoisotopic (exact) mass is 391 g/mol. The highest BCUT2D eigenvalue weighted by Gasteiger charge is 2.39. The third-order valence-electron chi connectivity index (χ3n) is 4.72. The molecule has 0 saturated heterocycles. The van der Waals surface area contributed by atoms with E-state index in [-0.39, 0.29) is 11.8 Å². The highest BCUT2D eigenvalue weighted by Crippen LogP contribution is 2.41. The number of anilines is 1. The molecule has 1 heterocycles. The molecule has 1 unspecified atom stereocenters. The van der Waals surface area contributed by atoms with E-state index in [0.717, 1.165) is 5.56 Å². The van der Waals surface area contributed by atoms with Gasteiger partial charge in [0.2, 0.25) is 5.91 Å². The van der Waals surface area contributed by atoms with Gasteiger partial charge in [-0.25, -0.2) is 4.99 Å². The van der Waals surface area contributed by atoms with Crippen LogP contribution < -0.4 is 10.1 Å². The fourth-order valence-electron chi connectivity index (χ4n) is 3.42. The molecule has 2 atom stereocenters. The number of nitrogens with one attached hydrogen (secondary N) is 1. The van der Waals surface area contributed by atoms with E-state index in [1.165, 1.54) is 11.8 Å². The zero-order chi connectivity index (χ0) is 20.1. The Morgan fingerprint density at radius 3 is 2.50 bits per heavy atom. The average molecular weight is 391 g/mol. The summed E-state index contributed by atoms with van der Waals surface area (Å²) in [6, 6.07) is 19.2. The lowest BCUT2D eigenvalue weighted by Gasteiger charge is -2.30. The molecule has 0 bridgehead atoms. The number of carbonyl (C=O) groups excluding carboxylic acids is 1. The summed E-state index contributed by atoms with van der Waals surface area (Å²) in [4.78, 5) is 17.9. The van der Waals surface area contributed by atoms with Gasteiger partial charge in [-0.05, 0) is 30.9 Å². The Morgan fingerprint density at radius 1 is 1.18 bits per heavy atom. The Morgan fingerprint density at radius 2 is 1.86 bits per heavy atom. The van der Waals surface area contributed by atoms with Gasteiger partial charge in [-0.1, -0.05) is 42.5 Å². The fraction of sp³-hybridized carbons (Fsp3) is 0.227. The number of para-hydroxylation sites is 2. The number of hydrogen-bond donors (Lipinski definition) is 1. The first-order valence-corrected chi connectivity index (χ1v) is 10.1. The third kappa shape index (κ3) is 3.80. The SMILES string of the molecule is COc1ccccc1NC(=O)C1C(C)=NC(SC)=C(C#N)[C@@H]1c1ccccc1. The molecule has 1 aliphatic rings. The third-order valence-corrected chi connectivity index (χ3v) is 5.42. The average Bonchev–Trinajstić information content (AvgIpc) is 2.73. The van der Waals surface area contributed by atoms with Gasteiger partial charge < -0.3 is 10.1 Å². The number of ether oxygens (including phenoxy) is 1. The van der Waals surface area contributed by atoms with Gasteiger partial charge in [-0.2, -0.15) is 5.26 Å². The molecular weight excluding hydrogens is 370 g/mol. The first kappa shape index (κ1) is 19.7. The number of thioether (sulfide) groups is 1. The molecule has 0 fully saturated rings. The second kappa shape index (κ2) is 8.77. The molecule has 1 amide bonds. The van der Waals surface area contributed by atoms with Crippen LogP contribution in [0.4, 0.5) is 5.69 Å². The van der Waals surface area contributed by atoms with Crippen LogP contribution in [0.5, 0.6) is 5.75 Å². The minimum atomic E-state index is -0.585. The molecule has 1 aliphatic heterocycles. The van der Waals surface area contributed by atoms with Crippen LogP contribution in [0.1, 0.15) is 18.4 Å². The van der Waals surface area contributed by atoms with Gasteiger partial charge >= 0.3 is 0 Å². The van der Waals surface area contributed by atoms with Gasteiger partial charge in [0.05, 0.1) is 30.4 Å². The smallest absolute Gasteiger partial charge is 0.234 e.